The summed E-state index contributed by atoms with van der Waals surface area (Å²) < 4.78 is 10.8. The van der Waals surface area contributed by atoms with E-state index in [1.165, 1.54) is 0 Å². The number of nitro benzene ring substituents is 1. The van der Waals surface area contributed by atoms with E-state index in [0.29, 0.717) is 5.69 Å². The lowest BCUT2D eigenvalue weighted by atomic mass is 10.1. The lowest BCUT2D eigenvalue weighted by Gasteiger charge is -2.36. The summed E-state index contributed by atoms with van der Waals surface area (Å²) in [7, 11) is 3.31. The molecule has 0 aromatic heterocycles. The van der Waals surface area contributed by atoms with Crippen LogP contribution in [0.5, 0.6) is 11.5 Å². The van der Waals surface area contributed by atoms with E-state index in [4.69, 9.17) is 9.47 Å². The first-order valence-corrected chi connectivity index (χ1v) is 8.54. The molecular weight excluding hydrogens is 334 g/mol. The van der Waals surface area contributed by atoms with Gasteiger partial charge in [-0.1, -0.05) is 12.1 Å². The number of ether oxygens (including phenoxy) is 2. The summed E-state index contributed by atoms with van der Waals surface area (Å²) in [5.74, 6) is 1.64. The van der Waals surface area contributed by atoms with Crippen molar-refractivity contribution in [3.63, 3.8) is 0 Å². The van der Waals surface area contributed by atoms with Gasteiger partial charge in [-0.05, 0) is 24.3 Å². The molecule has 26 heavy (non-hydrogen) atoms. The fourth-order valence-electron chi connectivity index (χ4n) is 3.28. The number of hydrogen-bond acceptors (Lipinski definition) is 6. The molecule has 7 nitrogen and oxygen atoms in total. The standard InChI is InChI=1S/C19H23N3O4/c1-25-16-7-8-19(26-2)15(13-16)14-20-9-11-21(12-10-20)17-5-3-4-6-18(17)22(23)24/h3-8,13H,9-12,14H2,1-2H3. The van der Waals surface area contributed by atoms with Crippen LogP contribution < -0.4 is 14.4 Å². The Kier molecular flexibility index (Phi) is 5.58. The van der Waals surface area contributed by atoms with Crippen LogP contribution in [-0.4, -0.2) is 50.2 Å². The third kappa shape index (κ3) is 3.88. The monoisotopic (exact) mass is 357 g/mol. The molecule has 3 rings (SSSR count). The van der Waals surface area contributed by atoms with Gasteiger partial charge in [0.1, 0.15) is 17.2 Å². The van der Waals surface area contributed by atoms with Gasteiger partial charge in [-0.25, -0.2) is 0 Å². The minimum absolute atomic E-state index is 0.162. The molecule has 1 fully saturated rings. The maximum atomic E-state index is 11.2. The van der Waals surface area contributed by atoms with Crippen molar-refractivity contribution < 1.29 is 14.4 Å². The van der Waals surface area contributed by atoms with Gasteiger partial charge in [-0.3, -0.25) is 15.0 Å². The number of nitro groups is 1. The van der Waals surface area contributed by atoms with Gasteiger partial charge in [-0.2, -0.15) is 0 Å². The third-order valence-electron chi connectivity index (χ3n) is 4.67. The highest BCUT2D eigenvalue weighted by Gasteiger charge is 2.23. The van der Waals surface area contributed by atoms with E-state index < -0.39 is 0 Å². The maximum Gasteiger partial charge on any atom is 0.292 e. The van der Waals surface area contributed by atoms with E-state index in [-0.39, 0.29) is 10.6 Å². The number of rotatable bonds is 6. The molecule has 138 valence electrons. The lowest BCUT2D eigenvalue weighted by Crippen LogP contribution is -2.46. The van der Waals surface area contributed by atoms with Crippen LogP contribution in [0.3, 0.4) is 0 Å². The number of methoxy groups -OCH3 is 2. The van der Waals surface area contributed by atoms with Gasteiger partial charge < -0.3 is 14.4 Å². The average molecular weight is 357 g/mol. The van der Waals surface area contributed by atoms with Gasteiger partial charge in [0.25, 0.3) is 5.69 Å². The van der Waals surface area contributed by atoms with Gasteiger partial charge >= 0.3 is 0 Å². The number of anilines is 1. The van der Waals surface area contributed by atoms with E-state index in [9.17, 15) is 10.1 Å². The average Bonchev–Trinajstić information content (AvgIpc) is 2.68. The van der Waals surface area contributed by atoms with Crippen LogP contribution in [0, 0.1) is 10.1 Å². The maximum absolute atomic E-state index is 11.2. The highest BCUT2D eigenvalue weighted by molar-refractivity contribution is 5.63. The molecule has 0 atom stereocenters. The first kappa shape index (κ1) is 18.0. The minimum atomic E-state index is -0.317. The van der Waals surface area contributed by atoms with E-state index in [0.717, 1.165) is 49.8 Å². The van der Waals surface area contributed by atoms with Crippen molar-refractivity contribution in [2.75, 3.05) is 45.3 Å². The topological polar surface area (TPSA) is 68.1 Å². The zero-order chi connectivity index (χ0) is 18.5. The Balaban J connectivity index is 1.67. The molecular formula is C19H23N3O4. The van der Waals surface area contributed by atoms with Gasteiger partial charge in [-0.15, -0.1) is 0 Å². The molecule has 1 saturated heterocycles. The zero-order valence-corrected chi connectivity index (χ0v) is 15.1. The number of para-hydroxylation sites is 2. The van der Waals surface area contributed by atoms with Crippen LogP contribution in [0.15, 0.2) is 42.5 Å². The number of nitrogens with zero attached hydrogens (tertiary/aromatic N) is 3. The Labute approximate surface area is 152 Å². The van der Waals surface area contributed by atoms with Gasteiger partial charge in [0.15, 0.2) is 0 Å². The predicted octanol–water partition coefficient (Wildman–Crippen LogP) is 2.93. The van der Waals surface area contributed by atoms with Crippen molar-refractivity contribution in [2.24, 2.45) is 0 Å². The van der Waals surface area contributed by atoms with Crippen LogP contribution in [0.25, 0.3) is 0 Å². The fourth-order valence-corrected chi connectivity index (χ4v) is 3.28. The summed E-state index contributed by atoms with van der Waals surface area (Å²) in [6.07, 6.45) is 0. The number of hydrogen-bond donors (Lipinski definition) is 0. The molecule has 0 spiro atoms. The first-order valence-electron chi connectivity index (χ1n) is 8.54. The van der Waals surface area contributed by atoms with Gasteiger partial charge in [0.05, 0.1) is 19.1 Å². The Morgan fingerprint density at radius 2 is 1.77 bits per heavy atom. The summed E-state index contributed by atoms with van der Waals surface area (Å²) in [6.45, 7) is 3.90. The normalized spacial score (nSPS) is 14.9. The highest BCUT2D eigenvalue weighted by atomic mass is 16.6. The largest absolute Gasteiger partial charge is 0.497 e. The zero-order valence-electron chi connectivity index (χ0n) is 15.1. The van der Waals surface area contributed by atoms with Crippen LogP contribution in [0.4, 0.5) is 11.4 Å². The van der Waals surface area contributed by atoms with Crippen molar-refractivity contribution in [1.29, 1.82) is 0 Å². The Bertz CT molecular complexity index is 773. The van der Waals surface area contributed by atoms with Crippen LogP contribution >= 0.6 is 0 Å². The Morgan fingerprint density at radius 1 is 1.04 bits per heavy atom. The summed E-state index contributed by atoms with van der Waals surface area (Å²) in [6, 6.07) is 12.7. The van der Waals surface area contributed by atoms with E-state index in [1.807, 2.05) is 30.3 Å². The molecule has 0 amide bonds. The van der Waals surface area contributed by atoms with Crippen molar-refractivity contribution in [3.8, 4) is 11.5 Å². The van der Waals surface area contributed by atoms with Crippen LogP contribution in [0.2, 0.25) is 0 Å². The Hall–Kier alpha value is -2.80. The Morgan fingerprint density at radius 3 is 2.42 bits per heavy atom. The minimum Gasteiger partial charge on any atom is -0.497 e. The molecule has 1 aliphatic rings. The molecule has 0 bridgehead atoms. The SMILES string of the molecule is COc1ccc(OC)c(CN2CCN(c3ccccc3[N+](=O)[O-])CC2)c1. The molecule has 2 aromatic carbocycles. The highest BCUT2D eigenvalue weighted by Crippen LogP contribution is 2.29. The molecule has 7 heteroatoms. The predicted molar refractivity (Wildman–Crippen MR) is 100 cm³/mol. The summed E-state index contributed by atoms with van der Waals surface area (Å²) >= 11 is 0. The van der Waals surface area contributed by atoms with Crippen molar-refractivity contribution in [2.45, 2.75) is 6.54 Å². The summed E-state index contributed by atoms with van der Waals surface area (Å²) in [5, 5.41) is 11.2. The van der Waals surface area contributed by atoms with Crippen molar-refractivity contribution >= 4 is 11.4 Å². The molecule has 0 radical (unpaired) electrons. The molecule has 0 unspecified atom stereocenters. The quantitative estimate of drug-likeness (QED) is 0.585. The van der Waals surface area contributed by atoms with Gasteiger partial charge in [0, 0.05) is 44.4 Å². The van der Waals surface area contributed by atoms with Crippen LogP contribution in [-0.2, 0) is 6.54 Å². The first-order chi connectivity index (χ1) is 12.6. The number of piperazine rings is 1. The molecule has 0 aliphatic carbocycles. The van der Waals surface area contributed by atoms with Crippen molar-refractivity contribution in [1.82, 2.24) is 4.90 Å². The van der Waals surface area contributed by atoms with E-state index in [1.54, 1.807) is 26.4 Å². The fraction of sp³-hybridized carbons (Fsp3) is 0.368. The van der Waals surface area contributed by atoms with Crippen LogP contribution in [0.1, 0.15) is 5.56 Å². The third-order valence-corrected chi connectivity index (χ3v) is 4.67. The number of benzene rings is 2. The molecule has 1 aliphatic heterocycles. The molecule has 2 aromatic rings. The lowest BCUT2D eigenvalue weighted by molar-refractivity contribution is -0.384. The summed E-state index contributed by atoms with van der Waals surface area (Å²) in [5.41, 5.74) is 1.93. The molecule has 0 N–H and O–H groups in total. The van der Waals surface area contributed by atoms with E-state index in [2.05, 4.69) is 9.80 Å². The molecule has 1 heterocycles. The second-order valence-electron chi connectivity index (χ2n) is 6.19. The van der Waals surface area contributed by atoms with E-state index >= 15 is 0 Å². The smallest absolute Gasteiger partial charge is 0.292 e. The molecule has 0 saturated carbocycles. The second-order valence-corrected chi connectivity index (χ2v) is 6.19. The van der Waals surface area contributed by atoms with Gasteiger partial charge in [0.2, 0.25) is 0 Å². The van der Waals surface area contributed by atoms with Crippen molar-refractivity contribution in [3.05, 3.63) is 58.1 Å². The summed E-state index contributed by atoms with van der Waals surface area (Å²) in [4.78, 5) is 15.3. The second kappa shape index (κ2) is 8.05.